The molecule has 0 aliphatic carbocycles. The smallest absolute Gasteiger partial charge is 0.251 e. The largest absolute Gasteiger partial charge is 0.354 e. The predicted octanol–water partition coefficient (Wildman–Crippen LogP) is 1.69. The van der Waals surface area contributed by atoms with Crippen LogP contribution in [0.5, 0.6) is 0 Å². The molecule has 2 N–H and O–H groups in total. The molecule has 1 aliphatic rings. The van der Waals surface area contributed by atoms with Crippen molar-refractivity contribution in [1.29, 1.82) is 0 Å². The van der Waals surface area contributed by atoms with Crippen LogP contribution in [0.25, 0.3) is 0 Å². The van der Waals surface area contributed by atoms with Crippen molar-refractivity contribution in [2.24, 2.45) is 4.99 Å². The summed E-state index contributed by atoms with van der Waals surface area (Å²) in [6.07, 6.45) is 0. The standard InChI is InChI=1S/C13H17BrN4O.HI/c1-18-9-8-17-13(18)16-7-6-15-12(19)10-2-4-11(14)5-3-10;/h2-5H,6-9H2,1H3,(H,15,19)(H,16,17);1H. The second-order valence-corrected chi connectivity index (χ2v) is 5.23. The molecule has 1 aromatic carbocycles. The highest BCUT2D eigenvalue weighted by molar-refractivity contribution is 14.0. The maximum absolute atomic E-state index is 11.8. The summed E-state index contributed by atoms with van der Waals surface area (Å²) in [6, 6.07) is 7.30. The molecule has 0 saturated heterocycles. The first-order valence-corrected chi connectivity index (χ1v) is 6.99. The van der Waals surface area contributed by atoms with Gasteiger partial charge in [-0.2, -0.15) is 0 Å². The Kier molecular flexibility index (Phi) is 7.28. The van der Waals surface area contributed by atoms with E-state index in [1.807, 2.05) is 19.2 Å². The summed E-state index contributed by atoms with van der Waals surface area (Å²) in [4.78, 5) is 18.2. The molecule has 0 aromatic heterocycles. The number of likely N-dealkylation sites (N-methyl/N-ethyl adjacent to an activating group) is 1. The minimum Gasteiger partial charge on any atom is -0.354 e. The van der Waals surface area contributed by atoms with Crippen LogP contribution in [-0.4, -0.2) is 50.0 Å². The van der Waals surface area contributed by atoms with E-state index in [-0.39, 0.29) is 29.9 Å². The summed E-state index contributed by atoms with van der Waals surface area (Å²) in [5.41, 5.74) is 0.665. The van der Waals surface area contributed by atoms with Crippen molar-refractivity contribution in [1.82, 2.24) is 15.5 Å². The Morgan fingerprint density at radius 3 is 2.65 bits per heavy atom. The number of guanidine groups is 1. The summed E-state index contributed by atoms with van der Waals surface area (Å²) in [6.45, 7) is 3.03. The number of aliphatic imine (C=N–C) groups is 1. The zero-order valence-electron chi connectivity index (χ0n) is 11.2. The Morgan fingerprint density at radius 2 is 2.05 bits per heavy atom. The third-order valence-corrected chi connectivity index (χ3v) is 3.39. The molecule has 0 spiro atoms. The van der Waals surface area contributed by atoms with Gasteiger partial charge in [-0.25, -0.2) is 0 Å². The van der Waals surface area contributed by atoms with E-state index in [0.29, 0.717) is 18.7 Å². The van der Waals surface area contributed by atoms with Crippen LogP contribution in [0.1, 0.15) is 10.4 Å². The van der Waals surface area contributed by atoms with E-state index in [9.17, 15) is 4.79 Å². The first kappa shape index (κ1) is 17.2. The van der Waals surface area contributed by atoms with Gasteiger partial charge in [0.2, 0.25) is 0 Å². The van der Waals surface area contributed by atoms with Crippen molar-refractivity contribution in [2.75, 3.05) is 33.2 Å². The van der Waals surface area contributed by atoms with Crippen LogP contribution in [0.3, 0.4) is 0 Å². The minimum absolute atomic E-state index is 0. The van der Waals surface area contributed by atoms with E-state index < -0.39 is 0 Å². The average Bonchev–Trinajstić information content (AvgIpc) is 2.81. The quantitative estimate of drug-likeness (QED) is 0.540. The lowest BCUT2D eigenvalue weighted by molar-refractivity contribution is 0.0954. The number of nitrogens with zero attached hydrogens (tertiary/aromatic N) is 2. The second kappa shape index (κ2) is 8.46. The van der Waals surface area contributed by atoms with Crippen molar-refractivity contribution < 1.29 is 4.79 Å². The lowest BCUT2D eigenvalue weighted by Crippen LogP contribution is -2.40. The molecule has 0 radical (unpaired) electrons. The summed E-state index contributed by atoms with van der Waals surface area (Å²) < 4.78 is 0.966. The van der Waals surface area contributed by atoms with Crippen LogP contribution >= 0.6 is 39.9 Å². The van der Waals surface area contributed by atoms with Crippen molar-refractivity contribution in [3.05, 3.63) is 34.3 Å². The Hall–Kier alpha value is -0.830. The van der Waals surface area contributed by atoms with Gasteiger partial charge in [0.15, 0.2) is 5.96 Å². The van der Waals surface area contributed by atoms with E-state index >= 15 is 0 Å². The van der Waals surface area contributed by atoms with E-state index in [2.05, 4.69) is 36.5 Å². The number of hydrogen-bond acceptors (Lipinski definition) is 4. The molecule has 0 saturated carbocycles. The molecule has 1 aromatic rings. The molecular formula is C13H18BrIN4O. The Bertz CT molecular complexity index is 478. The Labute approximate surface area is 144 Å². The van der Waals surface area contributed by atoms with Gasteiger partial charge in [-0.15, -0.1) is 24.0 Å². The molecule has 20 heavy (non-hydrogen) atoms. The molecule has 1 heterocycles. The van der Waals surface area contributed by atoms with Crippen molar-refractivity contribution in [3.8, 4) is 0 Å². The van der Waals surface area contributed by atoms with Gasteiger partial charge in [0.25, 0.3) is 5.91 Å². The highest BCUT2D eigenvalue weighted by atomic mass is 127. The Balaban J connectivity index is 0.00000200. The maximum atomic E-state index is 11.8. The van der Waals surface area contributed by atoms with Crippen molar-refractivity contribution >= 4 is 51.8 Å². The lowest BCUT2D eigenvalue weighted by atomic mass is 10.2. The number of amides is 1. The third kappa shape index (κ3) is 4.93. The number of halogens is 2. The number of benzene rings is 1. The van der Waals surface area contributed by atoms with E-state index in [1.165, 1.54) is 0 Å². The molecule has 2 rings (SSSR count). The molecule has 0 fully saturated rings. The third-order valence-electron chi connectivity index (χ3n) is 2.86. The van der Waals surface area contributed by atoms with Crippen LogP contribution in [-0.2, 0) is 0 Å². The van der Waals surface area contributed by atoms with E-state index in [0.717, 1.165) is 23.5 Å². The number of carbonyl (C=O) groups excluding carboxylic acids is 1. The van der Waals surface area contributed by atoms with Crippen LogP contribution in [0.2, 0.25) is 0 Å². The van der Waals surface area contributed by atoms with Crippen molar-refractivity contribution in [3.63, 3.8) is 0 Å². The predicted molar refractivity (Wildman–Crippen MR) is 94.8 cm³/mol. The molecule has 7 heteroatoms. The topological polar surface area (TPSA) is 56.7 Å². The lowest BCUT2D eigenvalue weighted by Gasteiger charge is -2.15. The molecule has 0 unspecified atom stereocenters. The SMILES string of the molecule is CN1CCN=C1NCCNC(=O)c1ccc(Br)cc1.I. The normalized spacial score (nSPS) is 13.5. The average molecular weight is 453 g/mol. The highest BCUT2D eigenvalue weighted by Gasteiger charge is 2.11. The summed E-state index contributed by atoms with van der Waals surface area (Å²) in [5.74, 6) is 0.842. The fourth-order valence-corrected chi connectivity index (χ4v) is 2.04. The van der Waals surface area contributed by atoms with Gasteiger partial charge in [0, 0.05) is 36.7 Å². The molecule has 5 nitrogen and oxygen atoms in total. The van der Waals surface area contributed by atoms with Crippen LogP contribution < -0.4 is 10.6 Å². The zero-order chi connectivity index (χ0) is 13.7. The van der Waals surface area contributed by atoms with Gasteiger partial charge < -0.3 is 15.5 Å². The summed E-state index contributed by atoms with van der Waals surface area (Å²) >= 11 is 3.34. The first-order chi connectivity index (χ1) is 9.16. The second-order valence-electron chi connectivity index (χ2n) is 4.32. The first-order valence-electron chi connectivity index (χ1n) is 6.20. The molecule has 110 valence electrons. The van der Waals surface area contributed by atoms with Gasteiger partial charge in [0.05, 0.1) is 6.54 Å². The molecule has 1 aliphatic heterocycles. The van der Waals surface area contributed by atoms with Gasteiger partial charge in [-0.1, -0.05) is 15.9 Å². The number of hydrogen-bond donors (Lipinski definition) is 2. The summed E-state index contributed by atoms with van der Waals surface area (Å²) in [7, 11) is 2.00. The molecule has 0 bridgehead atoms. The van der Waals surface area contributed by atoms with Gasteiger partial charge in [-0.3, -0.25) is 9.79 Å². The molecule has 1 amide bonds. The fourth-order valence-electron chi connectivity index (χ4n) is 1.78. The molecular weight excluding hydrogens is 435 g/mol. The number of nitrogens with one attached hydrogen (secondary N) is 2. The van der Waals surface area contributed by atoms with Gasteiger partial charge >= 0.3 is 0 Å². The van der Waals surface area contributed by atoms with Crippen LogP contribution in [0, 0.1) is 0 Å². The fraction of sp³-hybridized carbons (Fsp3) is 0.385. The van der Waals surface area contributed by atoms with Crippen LogP contribution in [0.4, 0.5) is 0 Å². The number of rotatable bonds is 4. The van der Waals surface area contributed by atoms with E-state index in [1.54, 1.807) is 12.1 Å². The van der Waals surface area contributed by atoms with Crippen LogP contribution in [0.15, 0.2) is 33.7 Å². The zero-order valence-corrected chi connectivity index (χ0v) is 15.1. The van der Waals surface area contributed by atoms with Gasteiger partial charge in [0.1, 0.15) is 0 Å². The van der Waals surface area contributed by atoms with Gasteiger partial charge in [-0.05, 0) is 24.3 Å². The Morgan fingerprint density at radius 1 is 1.35 bits per heavy atom. The summed E-state index contributed by atoms with van der Waals surface area (Å²) in [5, 5.41) is 6.07. The highest BCUT2D eigenvalue weighted by Crippen LogP contribution is 2.10. The van der Waals surface area contributed by atoms with E-state index in [4.69, 9.17) is 0 Å². The number of carbonyl (C=O) groups is 1. The monoisotopic (exact) mass is 452 g/mol. The molecule has 0 atom stereocenters. The minimum atomic E-state index is -0.0592. The maximum Gasteiger partial charge on any atom is 0.251 e. The van der Waals surface area contributed by atoms with Crippen molar-refractivity contribution in [2.45, 2.75) is 0 Å².